The summed E-state index contributed by atoms with van der Waals surface area (Å²) in [6.45, 7) is 10.1. The molecule has 16 nitrogen and oxygen atoms in total. The number of aromatic nitrogens is 4. The van der Waals surface area contributed by atoms with Crippen molar-refractivity contribution >= 4 is 35.9 Å². The Morgan fingerprint density at radius 2 is 1.66 bits per heavy atom. The van der Waals surface area contributed by atoms with Gasteiger partial charge in [-0.05, 0) is 43.7 Å². The first-order chi connectivity index (χ1) is 29.3. The van der Waals surface area contributed by atoms with Gasteiger partial charge < -0.3 is 39.0 Å². The van der Waals surface area contributed by atoms with Crippen LogP contribution in [0.1, 0.15) is 45.1 Å². The Hall–Kier alpha value is -5.85. The van der Waals surface area contributed by atoms with E-state index in [0.717, 1.165) is 19.6 Å². The molecular formula is C43H52F2N9O7+. The van der Waals surface area contributed by atoms with E-state index in [1.54, 1.807) is 62.0 Å². The molecule has 0 spiro atoms. The molecular weight excluding hydrogens is 793 g/mol. The molecule has 0 radical (unpaired) electrons. The molecule has 3 aliphatic rings. The van der Waals surface area contributed by atoms with Crippen LogP contribution >= 0.6 is 0 Å². The number of aryl methyl sites for hydroxylation is 2. The summed E-state index contributed by atoms with van der Waals surface area (Å²) in [5.41, 5.74) is 2.72. The number of rotatable bonds is 14. The predicted octanol–water partition coefficient (Wildman–Crippen LogP) is 3.17. The van der Waals surface area contributed by atoms with E-state index in [0.29, 0.717) is 104 Å². The van der Waals surface area contributed by atoms with Gasteiger partial charge >= 0.3 is 12.4 Å². The van der Waals surface area contributed by atoms with Crippen LogP contribution in [0.25, 0.3) is 22.4 Å². The molecule has 3 fully saturated rings. The first-order valence-electron chi connectivity index (χ1n) is 20.5. The van der Waals surface area contributed by atoms with Gasteiger partial charge in [0.25, 0.3) is 11.8 Å². The number of hydrogen-bond donors (Lipinski definition) is 2. The average Bonchev–Trinajstić information content (AvgIpc) is 3.80. The van der Waals surface area contributed by atoms with Crippen LogP contribution in [0, 0.1) is 37.3 Å². The standard InChI is InChI=1S/C43H51F2N9O7/c1-27-19-31(48-41(57)40-47-22-36(50(40)3)34-8-7-33(38(44)39(34)45)35-23-53(15-18-60-4)49-28(35)2)5-6-32(27)43(59)52-13-11-51(12-14-52)42(58)30-9-16-54(17-10-30,24-29-20-46-21-29)25-37(56)61-26-55/h5-8,19,22-23,26,29-30,46H,9-18,20-21,24-25H2,1-4H3/p+1. The zero-order valence-corrected chi connectivity index (χ0v) is 34.9. The van der Waals surface area contributed by atoms with Gasteiger partial charge in [0.15, 0.2) is 24.0 Å². The molecule has 0 aliphatic carbocycles. The molecule has 5 heterocycles. The topological polar surface area (TPSA) is 170 Å². The minimum atomic E-state index is -1.08. The molecule has 0 unspecified atom stereocenters. The number of anilines is 1. The van der Waals surface area contributed by atoms with E-state index in [1.165, 1.54) is 22.9 Å². The van der Waals surface area contributed by atoms with Crippen LogP contribution in [0.3, 0.4) is 0 Å². The monoisotopic (exact) mass is 844 g/mol. The van der Waals surface area contributed by atoms with Crippen LogP contribution < -0.4 is 10.6 Å². The molecule has 0 atom stereocenters. The molecule has 3 aliphatic heterocycles. The van der Waals surface area contributed by atoms with Crippen molar-refractivity contribution in [3.05, 3.63) is 77.0 Å². The van der Waals surface area contributed by atoms with Gasteiger partial charge in [-0.1, -0.05) is 6.07 Å². The lowest BCUT2D eigenvalue weighted by molar-refractivity contribution is -0.929. The quantitative estimate of drug-likeness (QED) is 0.0833. The van der Waals surface area contributed by atoms with E-state index in [1.807, 2.05) is 4.90 Å². The number of nitrogens with one attached hydrogen (secondary N) is 2. The highest BCUT2D eigenvalue weighted by atomic mass is 19.2. The molecule has 2 aromatic carbocycles. The number of nitrogens with zero attached hydrogens (tertiary/aromatic N) is 7. The number of amides is 3. The van der Waals surface area contributed by atoms with Gasteiger partial charge in [0.1, 0.15) is 0 Å². The number of piperazine rings is 1. The molecule has 18 heteroatoms. The lowest BCUT2D eigenvalue weighted by Crippen LogP contribution is -2.62. The maximum absolute atomic E-state index is 15.6. The molecule has 0 saturated carbocycles. The summed E-state index contributed by atoms with van der Waals surface area (Å²) in [6.07, 6.45) is 4.22. The van der Waals surface area contributed by atoms with Crippen molar-refractivity contribution in [2.45, 2.75) is 33.2 Å². The number of benzene rings is 2. The first kappa shape index (κ1) is 43.2. The fourth-order valence-electron chi connectivity index (χ4n) is 8.79. The van der Waals surface area contributed by atoms with E-state index in [2.05, 4.69) is 25.5 Å². The SMILES string of the molecule is COCCn1cc(-c2ccc(-c3cnc(C(=O)Nc4ccc(C(=O)N5CCN(C(=O)C6CC[N+](CC(=O)OC=O)(CC7CNC7)CC6)CC5)c(C)c4)n3C)c(F)c2F)c(C)n1. The number of carbonyl (C=O) groups excluding carboxylic acids is 5. The Morgan fingerprint density at radius 3 is 2.31 bits per heavy atom. The van der Waals surface area contributed by atoms with Gasteiger partial charge in [0, 0.05) is 112 Å². The van der Waals surface area contributed by atoms with Crippen LogP contribution in [0.5, 0.6) is 0 Å². The summed E-state index contributed by atoms with van der Waals surface area (Å²) in [7, 11) is 3.11. The number of methoxy groups -OCH3 is 1. The lowest BCUT2D eigenvalue weighted by Gasteiger charge is -2.46. The van der Waals surface area contributed by atoms with Crippen molar-refractivity contribution < 1.29 is 46.7 Å². The molecule has 2 N–H and O–H groups in total. The maximum Gasteiger partial charge on any atom is 0.369 e. The van der Waals surface area contributed by atoms with Gasteiger partial charge in [0.05, 0.1) is 50.4 Å². The van der Waals surface area contributed by atoms with E-state index >= 15 is 8.78 Å². The Morgan fingerprint density at radius 1 is 0.967 bits per heavy atom. The Bertz CT molecular complexity index is 2310. The van der Waals surface area contributed by atoms with Crippen LogP contribution in [-0.2, 0) is 37.4 Å². The predicted molar refractivity (Wildman–Crippen MR) is 219 cm³/mol. The van der Waals surface area contributed by atoms with Crippen LogP contribution in [0.2, 0.25) is 0 Å². The minimum Gasteiger partial charge on any atom is -0.391 e. The number of ether oxygens (including phenoxy) is 2. The number of esters is 1. The van der Waals surface area contributed by atoms with Crippen molar-refractivity contribution in [3.8, 4) is 22.4 Å². The molecule has 3 amide bonds. The highest BCUT2D eigenvalue weighted by Gasteiger charge is 2.42. The number of quaternary nitrogens is 1. The Balaban J connectivity index is 0.933. The fourth-order valence-corrected chi connectivity index (χ4v) is 8.79. The van der Waals surface area contributed by atoms with Crippen molar-refractivity contribution in [1.82, 2.24) is 34.4 Å². The first-order valence-corrected chi connectivity index (χ1v) is 20.5. The number of imidazole rings is 1. The number of carbonyl (C=O) groups is 5. The summed E-state index contributed by atoms with van der Waals surface area (Å²) in [4.78, 5) is 71.5. The molecule has 0 bridgehead atoms. The lowest BCUT2D eigenvalue weighted by atomic mass is 9.90. The third-order valence-electron chi connectivity index (χ3n) is 12.3. The highest BCUT2D eigenvalue weighted by molar-refractivity contribution is 6.03. The third-order valence-corrected chi connectivity index (χ3v) is 12.3. The molecule has 324 valence electrons. The summed E-state index contributed by atoms with van der Waals surface area (Å²) < 4.78 is 44.4. The van der Waals surface area contributed by atoms with Gasteiger partial charge in [-0.15, -0.1) is 0 Å². The average molecular weight is 845 g/mol. The summed E-state index contributed by atoms with van der Waals surface area (Å²) in [5.74, 6) is -3.13. The number of halogens is 2. The van der Waals surface area contributed by atoms with Crippen molar-refractivity contribution in [3.63, 3.8) is 0 Å². The zero-order chi connectivity index (χ0) is 43.4. The maximum atomic E-state index is 15.6. The second-order valence-electron chi connectivity index (χ2n) is 16.3. The van der Waals surface area contributed by atoms with E-state index < -0.39 is 23.5 Å². The van der Waals surface area contributed by atoms with Crippen molar-refractivity contribution in [2.75, 3.05) is 84.5 Å². The number of hydrogen-bond acceptors (Lipinski definition) is 10. The molecule has 7 rings (SSSR count). The smallest absolute Gasteiger partial charge is 0.369 e. The van der Waals surface area contributed by atoms with Gasteiger partial charge in [-0.3, -0.25) is 23.9 Å². The zero-order valence-electron chi connectivity index (χ0n) is 34.9. The van der Waals surface area contributed by atoms with Crippen molar-refractivity contribution in [1.29, 1.82) is 0 Å². The van der Waals surface area contributed by atoms with Crippen molar-refractivity contribution in [2.24, 2.45) is 18.9 Å². The van der Waals surface area contributed by atoms with Crippen LogP contribution in [0.15, 0.2) is 42.7 Å². The second kappa shape index (κ2) is 18.4. The van der Waals surface area contributed by atoms with Crippen LogP contribution in [-0.4, -0.2) is 143 Å². The fraction of sp³-hybridized carbons (Fsp3) is 0.465. The van der Waals surface area contributed by atoms with Gasteiger partial charge in [-0.25, -0.2) is 18.6 Å². The Labute approximate surface area is 352 Å². The van der Waals surface area contributed by atoms with Gasteiger partial charge in [0.2, 0.25) is 5.91 Å². The summed E-state index contributed by atoms with van der Waals surface area (Å²) >= 11 is 0. The van der Waals surface area contributed by atoms with E-state index in [9.17, 15) is 24.0 Å². The molecule has 3 saturated heterocycles. The molecule has 61 heavy (non-hydrogen) atoms. The number of likely N-dealkylation sites (tertiary alicyclic amines) is 1. The highest BCUT2D eigenvalue weighted by Crippen LogP contribution is 2.33. The normalized spacial score (nSPS) is 19.3. The minimum absolute atomic E-state index is 0.0310. The van der Waals surface area contributed by atoms with Crippen LogP contribution in [0.4, 0.5) is 14.5 Å². The van der Waals surface area contributed by atoms with E-state index in [-0.39, 0.29) is 53.4 Å². The largest absolute Gasteiger partial charge is 0.391 e. The Kier molecular flexibility index (Phi) is 13.1. The van der Waals surface area contributed by atoms with Gasteiger partial charge in [-0.2, -0.15) is 5.10 Å². The summed E-state index contributed by atoms with van der Waals surface area (Å²) in [6, 6.07) is 7.88. The third kappa shape index (κ3) is 9.25. The van der Waals surface area contributed by atoms with E-state index in [4.69, 9.17) is 4.74 Å². The molecule has 4 aromatic rings. The number of piperidine rings is 1. The molecule has 2 aromatic heterocycles. The second-order valence-corrected chi connectivity index (χ2v) is 16.3. The summed E-state index contributed by atoms with van der Waals surface area (Å²) in [5, 5.41) is 10.4.